The van der Waals surface area contributed by atoms with Crippen LogP contribution in [0.3, 0.4) is 0 Å². The molecule has 136 valence electrons. The minimum Gasteiger partial charge on any atom is -0.480 e. The van der Waals surface area contributed by atoms with Crippen molar-refractivity contribution < 1.29 is 14.3 Å². The van der Waals surface area contributed by atoms with Crippen LogP contribution in [0.15, 0.2) is 64.2 Å². The second-order valence-electron chi connectivity index (χ2n) is 6.35. The quantitative estimate of drug-likeness (QED) is 0.564. The molecule has 2 aromatic heterocycles. The predicted octanol–water partition coefficient (Wildman–Crippen LogP) is 3.40. The highest BCUT2D eigenvalue weighted by Crippen LogP contribution is 2.31. The zero-order valence-corrected chi connectivity index (χ0v) is 14.5. The summed E-state index contributed by atoms with van der Waals surface area (Å²) in [6.45, 7) is 1.50. The summed E-state index contributed by atoms with van der Waals surface area (Å²) in [5.41, 5.74) is 2.44. The lowest BCUT2D eigenvalue weighted by Gasteiger charge is -2.15. The van der Waals surface area contributed by atoms with E-state index >= 15 is 0 Å². The van der Waals surface area contributed by atoms with Crippen molar-refractivity contribution in [1.82, 2.24) is 9.55 Å². The average Bonchev–Trinajstić information content (AvgIpc) is 3.02. The molecule has 0 unspecified atom stereocenters. The number of para-hydroxylation sites is 1. The van der Waals surface area contributed by atoms with Gasteiger partial charge >= 0.3 is 5.97 Å². The summed E-state index contributed by atoms with van der Waals surface area (Å²) >= 11 is 0. The number of carbonyl (C=O) groups is 1. The van der Waals surface area contributed by atoms with Crippen molar-refractivity contribution in [1.29, 1.82) is 0 Å². The minimum absolute atomic E-state index is 0.182. The molecule has 1 atom stereocenters. The molecule has 4 aromatic rings. The van der Waals surface area contributed by atoms with E-state index in [0.717, 1.165) is 32.1 Å². The first kappa shape index (κ1) is 16.8. The molecule has 0 fully saturated rings. The zero-order chi connectivity index (χ0) is 19.0. The lowest BCUT2D eigenvalue weighted by atomic mass is 10.0. The maximum absolute atomic E-state index is 12.4. The molecule has 7 nitrogen and oxygen atoms in total. The van der Waals surface area contributed by atoms with Crippen molar-refractivity contribution in [2.24, 2.45) is 0 Å². The van der Waals surface area contributed by atoms with Crippen LogP contribution in [0.2, 0.25) is 0 Å². The third-order valence-corrected chi connectivity index (χ3v) is 4.48. The van der Waals surface area contributed by atoms with Crippen molar-refractivity contribution in [3.05, 3.63) is 70.9 Å². The van der Waals surface area contributed by atoms with Crippen molar-refractivity contribution in [3.8, 4) is 0 Å². The Bertz CT molecular complexity index is 1210. The SMILES string of the molecule is C[C@H](Nc1cncn(CC(=O)O)c1=O)c1ccc2oc3ccccc3c2c1. The van der Waals surface area contributed by atoms with E-state index in [2.05, 4.69) is 10.3 Å². The Morgan fingerprint density at radius 1 is 1.22 bits per heavy atom. The van der Waals surface area contributed by atoms with Gasteiger partial charge in [0, 0.05) is 16.8 Å². The molecule has 7 heteroatoms. The number of anilines is 1. The van der Waals surface area contributed by atoms with Gasteiger partial charge in [0.2, 0.25) is 0 Å². The monoisotopic (exact) mass is 363 g/mol. The summed E-state index contributed by atoms with van der Waals surface area (Å²) in [7, 11) is 0. The fourth-order valence-corrected chi connectivity index (χ4v) is 3.14. The van der Waals surface area contributed by atoms with Gasteiger partial charge in [-0.05, 0) is 30.7 Å². The van der Waals surface area contributed by atoms with E-state index in [0.29, 0.717) is 0 Å². The Morgan fingerprint density at radius 2 is 2.00 bits per heavy atom. The van der Waals surface area contributed by atoms with Crippen LogP contribution in [0.1, 0.15) is 18.5 Å². The first-order valence-electron chi connectivity index (χ1n) is 8.47. The van der Waals surface area contributed by atoms with Gasteiger partial charge in [-0.1, -0.05) is 24.3 Å². The van der Waals surface area contributed by atoms with Gasteiger partial charge in [-0.15, -0.1) is 0 Å². The van der Waals surface area contributed by atoms with Crippen LogP contribution in [0.25, 0.3) is 21.9 Å². The van der Waals surface area contributed by atoms with Gasteiger partial charge in [0.1, 0.15) is 23.4 Å². The number of furan rings is 1. The Hall–Kier alpha value is -3.61. The van der Waals surface area contributed by atoms with Gasteiger partial charge < -0.3 is 14.8 Å². The van der Waals surface area contributed by atoms with Crippen molar-refractivity contribution in [2.75, 3.05) is 5.32 Å². The average molecular weight is 363 g/mol. The van der Waals surface area contributed by atoms with Gasteiger partial charge in [-0.3, -0.25) is 14.2 Å². The van der Waals surface area contributed by atoms with Crippen LogP contribution in [0.4, 0.5) is 5.69 Å². The molecule has 27 heavy (non-hydrogen) atoms. The van der Waals surface area contributed by atoms with E-state index in [-0.39, 0.29) is 11.7 Å². The Morgan fingerprint density at radius 3 is 2.81 bits per heavy atom. The topological polar surface area (TPSA) is 97.4 Å². The van der Waals surface area contributed by atoms with Crippen LogP contribution in [0, 0.1) is 0 Å². The molecule has 0 spiro atoms. The molecule has 2 N–H and O–H groups in total. The standard InChI is InChI=1S/C20H17N3O4/c1-12(22-16-9-21-11-23(20(16)26)10-19(24)25)13-6-7-18-15(8-13)14-4-2-3-5-17(14)27-18/h2-9,11-12,22H,10H2,1H3,(H,24,25)/t12-/m0/s1. The number of hydrogen-bond donors (Lipinski definition) is 2. The van der Waals surface area contributed by atoms with Crippen LogP contribution in [-0.4, -0.2) is 20.6 Å². The Balaban J connectivity index is 1.67. The number of nitrogens with zero attached hydrogens (tertiary/aromatic N) is 2. The molecule has 0 aliphatic carbocycles. The highest BCUT2D eigenvalue weighted by molar-refractivity contribution is 6.05. The van der Waals surface area contributed by atoms with E-state index in [1.54, 1.807) is 0 Å². The number of fused-ring (bicyclic) bond motifs is 3. The van der Waals surface area contributed by atoms with Crippen molar-refractivity contribution in [2.45, 2.75) is 19.5 Å². The fraction of sp³-hybridized carbons (Fsp3) is 0.150. The Labute approximate surface area is 153 Å². The number of rotatable bonds is 5. The number of aromatic nitrogens is 2. The van der Waals surface area contributed by atoms with Gasteiger partial charge in [-0.2, -0.15) is 0 Å². The molecule has 0 aliphatic rings. The molecule has 0 radical (unpaired) electrons. The van der Waals surface area contributed by atoms with Gasteiger partial charge in [0.05, 0.1) is 12.5 Å². The molecular formula is C20H17N3O4. The van der Waals surface area contributed by atoms with Gasteiger partial charge in [-0.25, -0.2) is 4.98 Å². The summed E-state index contributed by atoms with van der Waals surface area (Å²) in [4.78, 5) is 27.2. The number of nitrogens with one attached hydrogen (secondary N) is 1. The highest BCUT2D eigenvalue weighted by Gasteiger charge is 2.13. The van der Waals surface area contributed by atoms with Gasteiger partial charge in [0.25, 0.3) is 5.56 Å². The van der Waals surface area contributed by atoms with Gasteiger partial charge in [0.15, 0.2) is 0 Å². The van der Waals surface area contributed by atoms with E-state index in [1.807, 2.05) is 49.4 Å². The predicted molar refractivity (Wildman–Crippen MR) is 102 cm³/mol. The summed E-state index contributed by atoms with van der Waals surface area (Å²) < 4.78 is 6.90. The highest BCUT2D eigenvalue weighted by atomic mass is 16.4. The fourth-order valence-electron chi connectivity index (χ4n) is 3.14. The third-order valence-electron chi connectivity index (χ3n) is 4.48. The zero-order valence-electron chi connectivity index (χ0n) is 14.5. The first-order valence-corrected chi connectivity index (χ1v) is 8.47. The van der Waals surface area contributed by atoms with Crippen molar-refractivity contribution >= 4 is 33.6 Å². The minimum atomic E-state index is -1.10. The van der Waals surface area contributed by atoms with Crippen LogP contribution in [-0.2, 0) is 11.3 Å². The molecule has 4 rings (SSSR count). The molecule has 2 heterocycles. The number of aliphatic carboxylic acids is 1. The molecular weight excluding hydrogens is 346 g/mol. The lowest BCUT2D eigenvalue weighted by molar-refractivity contribution is -0.137. The molecule has 0 bridgehead atoms. The van der Waals surface area contributed by atoms with E-state index < -0.39 is 18.1 Å². The van der Waals surface area contributed by atoms with Crippen molar-refractivity contribution in [3.63, 3.8) is 0 Å². The third kappa shape index (κ3) is 3.15. The van der Waals surface area contributed by atoms with E-state index in [9.17, 15) is 9.59 Å². The maximum atomic E-state index is 12.4. The summed E-state index contributed by atoms with van der Waals surface area (Å²) in [6.07, 6.45) is 2.62. The smallest absolute Gasteiger partial charge is 0.323 e. The van der Waals surface area contributed by atoms with Crippen LogP contribution in [0.5, 0.6) is 0 Å². The van der Waals surface area contributed by atoms with Crippen LogP contribution >= 0.6 is 0 Å². The molecule has 0 saturated carbocycles. The second-order valence-corrected chi connectivity index (χ2v) is 6.35. The summed E-state index contributed by atoms with van der Waals surface area (Å²) in [5, 5.41) is 14.1. The van der Waals surface area contributed by atoms with Crippen LogP contribution < -0.4 is 10.9 Å². The molecule has 0 saturated heterocycles. The maximum Gasteiger partial charge on any atom is 0.323 e. The molecule has 2 aromatic carbocycles. The molecule has 0 amide bonds. The first-order chi connectivity index (χ1) is 13.0. The lowest BCUT2D eigenvalue weighted by Crippen LogP contribution is -2.27. The number of hydrogen-bond acceptors (Lipinski definition) is 5. The number of carboxylic acids is 1. The molecule has 0 aliphatic heterocycles. The Kier molecular flexibility index (Phi) is 4.12. The largest absolute Gasteiger partial charge is 0.480 e. The number of carboxylic acid groups (broad SMARTS) is 1. The summed E-state index contributed by atoms with van der Waals surface area (Å²) in [6, 6.07) is 13.5. The summed E-state index contributed by atoms with van der Waals surface area (Å²) in [5.74, 6) is -1.10. The van der Waals surface area contributed by atoms with E-state index in [4.69, 9.17) is 9.52 Å². The second kappa shape index (κ2) is 6.60. The van der Waals surface area contributed by atoms with E-state index in [1.165, 1.54) is 12.5 Å². The number of benzene rings is 2. The normalized spacial score (nSPS) is 12.3.